The molecule has 1 heterocycles. The minimum absolute atomic E-state index is 0. The van der Waals surface area contributed by atoms with Crippen LogP contribution in [0.4, 0.5) is 4.39 Å². The first kappa shape index (κ1) is 21.1. The van der Waals surface area contributed by atoms with Gasteiger partial charge in [0.05, 0.1) is 6.20 Å². The summed E-state index contributed by atoms with van der Waals surface area (Å²) in [5.74, 6) is 1.47. The molecule has 25 heavy (non-hydrogen) atoms. The van der Waals surface area contributed by atoms with Crippen molar-refractivity contribution in [3.05, 3.63) is 54.1 Å². The lowest BCUT2D eigenvalue weighted by Gasteiger charge is -2.14. The number of pyridine rings is 1. The summed E-state index contributed by atoms with van der Waals surface area (Å²) in [5, 5.41) is 6.37. The number of hydrogen-bond donors (Lipinski definition) is 2. The van der Waals surface area contributed by atoms with Gasteiger partial charge in [0.15, 0.2) is 17.5 Å². The molecule has 0 unspecified atom stereocenters. The van der Waals surface area contributed by atoms with Crippen molar-refractivity contribution >= 4 is 29.9 Å². The van der Waals surface area contributed by atoms with Crippen LogP contribution >= 0.6 is 24.0 Å². The van der Waals surface area contributed by atoms with Gasteiger partial charge < -0.3 is 15.4 Å². The van der Waals surface area contributed by atoms with Gasteiger partial charge in [0.1, 0.15) is 5.75 Å². The summed E-state index contributed by atoms with van der Waals surface area (Å²) in [6.45, 7) is 5.54. The predicted molar refractivity (Wildman–Crippen MR) is 109 cm³/mol. The van der Waals surface area contributed by atoms with Gasteiger partial charge in [-0.15, -0.1) is 24.0 Å². The SMILES string of the molecule is CN=C(NCc1ccc(Oc2cccnc2)c(F)c1)NCC(C)C.I. The summed E-state index contributed by atoms with van der Waals surface area (Å²) in [6.07, 6.45) is 3.18. The standard InChI is InChI=1S/C18H23FN4O.HI/c1-13(2)10-22-18(20-3)23-11-14-6-7-17(16(19)9-14)24-15-5-4-8-21-12-15;/h4-9,12-13H,10-11H2,1-3H3,(H2,20,22,23);1H. The van der Waals surface area contributed by atoms with Crippen LogP contribution in [0.5, 0.6) is 11.5 Å². The average molecular weight is 458 g/mol. The van der Waals surface area contributed by atoms with Crippen molar-refractivity contribution in [2.75, 3.05) is 13.6 Å². The van der Waals surface area contributed by atoms with Crippen LogP contribution in [0.3, 0.4) is 0 Å². The van der Waals surface area contributed by atoms with Crippen LogP contribution in [0.15, 0.2) is 47.7 Å². The molecule has 0 radical (unpaired) electrons. The molecule has 0 bridgehead atoms. The maximum absolute atomic E-state index is 14.2. The molecule has 0 fully saturated rings. The van der Waals surface area contributed by atoms with Crippen LogP contribution in [0.2, 0.25) is 0 Å². The van der Waals surface area contributed by atoms with Crippen LogP contribution in [-0.2, 0) is 6.54 Å². The maximum atomic E-state index is 14.2. The second-order valence-corrected chi connectivity index (χ2v) is 5.76. The number of nitrogens with zero attached hydrogens (tertiary/aromatic N) is 2. The van der Waals surface area contributed by atoms with E-state index in [4.69, 9.17) is 4.74 Å². The summed E-state index contributed by atoms with van der Waals surface area (Å²) in [5.41, 5.74) is 0.804. The van der Waals surface area contributed by atoms with Crippen LogP contribution in [0.1, 0.15) is 19.4 Å². The fraction of sp³-hybridized carbons (Fsp3) is 0.333. The lowest BCUT2D eigenvalue weighted by molar-refractivity contribution is 0.440. The van der Waals surface area contributed by atoms with Crippen molar-refractivity contribution < 1.29 is 9.13 Å². The van der Waals surface area contributed by atoms with Crippen LogP contribution in [0, 0.1) is 11.7 Å². The van der Waals surface area contributed by atoms with Gasteiger partial charge in [-0.2, -0.15) is 0 Å². The summed E-state index contributed by atoms with van der Waals surface area (Å²) >= 11 is 0. The van der Waals surface area contributed by atoms with Gasteiger partial charge in [0.2, 0.25) is 0 Å². The minimum atomic E-state index is -0.414. The van der Waals surface area contributed by atoms with Crippen molar-refractivity contribution in [3.8, 4) is 11.5 Å². The number of hydrogen-bond acceptors (Lipinski definition) is 3. The fourth-order valence-electron chi connectivity index (χ4n) is 1.98. The number of halogens is 2. The van der Waals surface area contributed by atoms with E-state index in [1.165, 1.54) is 6.07 Å². The normalized spacial score (nSPS) is 11.0. The third-order valence-corrected chi connectivity index (χ3v) is 3.22. The molecule has 1 aromatic heterocycles. The van der Waals surface area contributed by atoms with Crippen molar-refractivity contribution in [1.82, 2.24) is 15.6 Å². The van der Waals surface area contributed by atoms with E-state index in [1.807, 2.05) is 6.07 Å². The molecule has 0 atom stereocenters. The number of aromatic nitrogens is 1. The molecule has 136 valence electrons. The molecule has 7 heteroatoms. The number of rotatable bonds is 6. The van der Waals surface area contributed by atoms with Gasteiger partial charge in [-0.05, 0) is 35.7 Å². The van der Waals surface area contributed by atoms with Crippen molar-refractivity contribution in [1.29, 1.82) is 0 Å². The van der Waals surface area contributed by atoms with E-state index in [-0.39, 0.29) is 29.7 Å². The highest BCUT2D eigenvalue weighted by Gasteiger charge is 2.07. The third-order valence-electron chi connectivity index (χ3n) is 3.22. The topological polar surface area (TPSA) is 58.5 Å². The predicted octanol–water partition coefficient (Wildman–Crippen LogP) is 3.95. The zero-order valence-electron chi connectivity index (χ0n) is 14.6. The van der Waals surface area contributed by atoms with E-state index in [9.17, 15) is 4.39 Å². The number of benzene rings is 1. The second kappa shape index (κ2) is 10.9. The monoisotopic (exact) mass is 458 g/mol. The highest BCUT2D eigenvalue weighted by atomic mass is 127. The van der Waals surface area contributed by atoms with Gasteiger partial charge in [-0.3, -0.25) is 9.98 Å². The first-order valence-corrected chi connectivity index (χ1v) is 7.89. The van der Waals surface area contributed by atoms with Crippen molar-refractivity contribution in [3.63, 3.8) is 0 Å². The van der Waals surface area contributed by atoms with E-state index in [0.717, 1.165) is 12.1 Å². The van der Waals surface area contributed by atoms with Crippen molar-refractivity contribution in [2.45, 2.75) is 20.4 Å². The molecule has 0 aliphatic carbocycles. The molecule has 0 aliphatic heterocycles. The van der Waals surface area contributed by atoms with Crippen molar-refractivity contribution in [2.24, 2.45) is 10.9 Å². The third kappa shape index (κ3) is 7.25. The Bertz CT molecular complexity index is 680. The highest BCUT2D eigenvalue weighted by Crippen LogP contribution is 2.24. The van der Waals surface area contributed by atoms with E-state index in [2.05, 4.69) is 34.5 Å². The Hall–Kier alpha value is -1.90. The summed E-state index contributed by atoms with van der Waals surface area (Å²) in [4.78, 5) is 8.08. The Morgan fingerprint density at radius 1 is 1.28 bits per heavy atom. The summed E-state index contributed by atoms with van der Waals surface area (Å²) < 4.78 is 19.7. The number of aliphatic imine (C=N–C) groups is 1. The Balaban J connectivity index is 0.00000312. The summed E-state index contributed by atoms with van der Waals surface area (Å²) in [7, 11) is 1.71. The van der Waals surface area contributed by atoms with Gasteiger partial charge in [0, 0.05) is 26.3 Å². The molecule has 0 aliphatic rings. The van der Waals surface area contributed by atoms with Gasteiger partial charge in [-0.25, -0.2) is 4.39 Å². The molecule has 2 N–H and O–H groups in total. The molecule has 0 spiro atoms. The Kier molecular flexibility index (Phi) is 9.18. The minimum Gasteiger partial charge on any atom is -0.453 e. The Labute approximate surface area is 165 Å². The lowest BCUT2D eigenvalue weighted by atomic mass is 10.2. The molecule has 0 saturated carbocycles. The summed E-state index contributed by atoms with van der Waals surface area (Å²) in [6, 6.07) is 8.35. The molecule has 2 aromatic rings. The quantitative estimate of drug-likeness (QED) is 0.391. The molecule has 2 rings (SSSR count). The van der Waals surface area contributed by atoms with Crippen LogP contribution < -0.4 is 15.4 Å². The number of ether oxygens (including phenoxy) is 1. The Morgan fingerprint density at radius 3 is 2.68 bits per heavy atom. The largest absolute Gasteiger partial charge is 0.453 e. The van der Waals surface area contributed by atoms with E-state index >= 15 is 0 Å². The first-order chi connectivity index (χ1) is 11.6. The van der Waals surface area contributed by atoms with E-state index in [1.54, 1.807) is 37.6 Å². The lowest BCUT2D eigenvalue weighted by Crippen LogP contribution is -2.38. The number of guanidine groups is 1. The maximum Gasteiger partial charge on any atom is 0.191 e. The second-order valence-electron chi connectivity index (χ2n) is 5.76. The zero-order chi connectivity index (χ0) is 17.4. The van der Waals surface area contributed by atoms with Crippen LogP contribution in [0.25, 0.3) is 0 Å². The fourth-order valence-corrected chi connectivity index (χ4v) is 1.98. The average Bonchev–Trinajstić information content (AvgIpc) is 2.58. The molecule has 1 aromatic carbocycles. The highest BCUT2D eigenvalue weighted by molar-refractivity contribution is 14.0. The van der Waals surface area contributed by atoms with Gasteiger partial charge in [-0.1, -0.05) is 19.9 Å². The number of nitrogens with one attached hydrogen (secondary N) is 2. The molecular formula is C18H24FIN4O. The van der Waals surface area contributed by atoms with Crippen LogP contribution in [-0.4, -0.2) is 24.5 Å². The Morgan fingerprint density at radius 2 is 2.08 bits per heavy atom. The smallest absolute Gasteiger partial charge is 0.191 e. The van der Waals surface area contributed by atoms with E-state index in [0.29, 0.717) is 24.2 Å². The first-order valence-electron chi connectivity index (χ1n) is 7.89. The van der Waals surface area contributed by atoms with Gasteiger partial charge >= 0.3 is 0 Å². The van der Waals surface area contributed by atoms with E-state index < -0.39 is 5.82 Å². The zero-order valence-corrected chi connectivity index (χ0v) is 17.0. The molecule has 5 nitrogen and oxygen atoms in total. The molecule has 0 amide bonds. The molecular weight excluding hydrogens is 434 g/mol. The molecule has 0 saturated heterocycles. The van der Waals surface area contributed by atoms with Gasteiger partial charge in [0.25, 0.3) is 0 Å².